The molecular formula is C2H5OS2. The Bertz CT molecular complexity index is 21.6. The lowest BCUT2D eigenvalue weighted by Gasteiger charge is -1.93. The fourth-order valence-electron chi connectivity index (χ4n) is 0. The molecule has 1 unspecified atom stereocenters. The van der Waals surface area contributed by atoms with Gasteiger partial charge in [0.2, 0.25) is 0 Å². The molecule has 0 aliphatic rings. The first-order valence-electron chi connectivity index (χ1n) is 1.15. The zero-order valence-corrected chi connectivity index (χ0v) is 4.56. The lowest BCUT2D eigenvalue weighted by molar-refractivity contribution is 0.605. The van der Waals surface area contributed by atoms with E-state index in [4.69, 9.17) is 0 Å². The van der Waals surface area contributed by atoms with Crippen molar-refractivity contribution in [2.75, 3.05) is 11.3 Å². The molecule has 0 heterocycles. The van der Waals surface area contributed by atoms with Gasteiger partial charge in [-0.2, -0.15) is 0 Å². The van der Waals surface area contributed by atoms with Gasteiger partial charge in [0.1, 0.15) is 0 Å². The van der Waals surface area contributed by atoms with E-state index in [2.05, 4.69) is 12.6 Å². The molecule has 0 aliphatic carbocycles. The van der Waals surface area contributed by atoms with Crippen LogP contribution in [0.4, 0.5) is 0 Å². The minimum atomic E-state index is -0.758. The maximum atomic E-state index is 9.82. The van der Waals surface area contributed by atoms with Crippen molar-refractivity contribution in [1.82, 2.24) is 0 Å². The van der Waals surface area contributed by atoms with Gasteiger partial charge >= 0.3 is 0 Å². The number of rotatable bonds is 1. The van der Waals surface area contributed by atoms with Crippen LogP contribution in [-0.2, 0) is 11.2 Å². The fourth-order valence-corrected chi connectivity index (χ4v) is 0. The molecule has 0 rings (SSSR count). The maximum absolute atomic E-state index is 9.82. The fraction of sp³-hybridized carbons (Fsp3) is 1.00. The molecule has 0 fully saturated rings. The largest absolute Gasteiger partial charge is 0.616 e. The molecule has 0 N–H and O–H groups in total. The first-order valence-corrected chi connectivity index (χ1v) is 3.46. The summed E-state index contributed by atoms with van der Waals surface area (Å²) in [4.78, 5) is 0. The van der Waals surface area contributed by atoms with Gasteiger partial charge in [-0.15, -0.1) is 0 Å². The summed E-state index contributed by atoms with van der Waals surface area (Å²) in [6, 6.07) is 0. The van der Waals surface area contributed by atoms with Crippen molar-refractivity contribution < 1.29 is 4.55 Å². The summed E-state index contributed by atoms with van der Waals surface area (Å²) >= 11 is 3.62. The van der Waals surface area contributed by atoms with E-state index in [1.165, 1.54) is 0 Å². The predicted octanol–water partition coefficient (Wildman–Crippen LogP) is 0.520. The van der Waals surface area contributed by atoms with Crippen molar-refractivity contribution in [2.45, 2.75) is 0 Å². The Balaban J connectivity index is 2.54. The predicted molar refractivity (Wildman–Crippen MR) is 26.5 cm³/mol. The van der Waals surface area contributed by atoms with Crippen LogP contribution in [0.25, 0.3) is 0 Å². The molecule has 0 saturated heterocycles. The van der Waals surface area contributed by atoms with Gasteiger partial charge in [-0.3, -0.25) is 0 Å². The Morgan fingerprint density at radius 2 is 2.20 bits per heavy atom. The zero-order valence-electron chi connectivity index (χ0n) is 2.93. The Labute approximate surface area is 40.4 Å². The molecule has 0 aromatic rings. The molecule has 1 nitrogen and oxygen atoms in total. The van der Waals surface area contributed by atoms with Crippen LogP contribution in [0.5, 0.6) is 0 Å². The van der Waals surface area contributed by atoms with Crippen molar-refractivity contribution in [3.8, 4) is 0 Å². The van der Waals surface area contributed by atoms with Crippen LogP contribution in [0.15, 0.2) is 0 Å². The van der Waals surface area contributed by atoms with Crippen LogP contribution >= 0.6 is 12.6 Å². The van der Waals surface area contributed by atoms with E-state index in [1.54, 1.807) is 6.26 Å². The molecule has 31 valence electrons. The standard InChI is InChI=1S/C2H5OS2/c1-5(3)2-4/h2H2,1H3. The van der Waals surface area contributed by atoms with Gasteiger partial charge in [-0.05, 0) is 23.8 Å². The first-order chi connectivity index (χ1) is 2.27. The van der Waals surface area contributed by atoms with Crippen molar-refractivity contribution in [3.05, 3.63) is 0 Å². The van der Waals surface area contributed by atoms with Gasteiger partial charge in [-0.25, -0.2) is 0 Å². The zero-order chi connectivity index (χ0) is 4.28. The second-order valence-electron chi connectivity index (χ2n) is 0.691. The Kier molecular flexibility index (Phi) is 3.25. The molecule has 3 heteroatoms. The average molecular weight is 109 g/mol. The third kappa shape index (κ3) is 4.66. The van der Waals surface area contributed by atoms with Crippen molar-refractivity contribution in [1.29, 1.82) is 0 Å². The highest BCUT2D eigenvalue weighted by Gasteiger charge is 1.83. The van der Waals surface area contributed by atoms with Gasteiger partial charge in [0.05, 0.1) is 6.26 Å². The van der Waals surface area contributed by atoms with E-state index in [-0.39, 0.29) is 0 Å². The van der Waals surface area contributed by atoms with Gasteiger partial charge in [0.25, 0.3) is 0 Å². The van der Waals surface area contributed by atoms with Crippen molar-refractivity contribution in [2.24, 2.45) is 0 Å². The quantitative estimate of drug-likeness (QED) is 0.450. The molecule has 0 aromatic carbocycles. The third-order valence-corrected chi connectivity index (χ3v) is 1.49. The SMILES string of the molecule is C[S+]([O-])C[S]. The van der Waals surface area contributed by atoms with Crippen LogP contribution < -0.4 is 0 Å². The van der Waals surface area contributed by atoms with E-state index in [0.717, 1.165) is 0 Å². The summed E-state index contributed by atoms with van der Waals surface area (Å²) in [6.45, 7) is 0. The summed E-state index contributed by atoms with van der Waals surface area (Å²) in [5.41, 5.74) is 0. The highest BCUT2D eigenvalue weighted by atomic mass is 32.2. The average Bonchev–Trinajstić information content (AvgIpc) is 1.38. The van der Waals surface area contributed by atoms with E-state index in [9.17, 15) is 4.55 Å². The summed E-state index contributed by atoms with van der Waals surface area (Å²) in [7, 11) is 0. The first kappa shape index (κ1) is 5.66. The Morgan fingerprint density at radius 1 is 2.00 bits per heavy atom. The van der Waals surface area contributed by atoms with Crippen LogP contribution in [0, 0.1) is 0 Å². The maximum Gasteiger partial charge on any atom is 0.160 e. The summed E-state index contributed by atoms with van der Waals surface area (Å²) in [5.74, 6) is 0. The smallest absolute Gasteiger partial charge is 0.160 e. The highest BCUT2D eigenvalue weighted by Crippen LogP contribution is 1.82. The van der Waals surface area contributed by atoms with E-state index in [0.29, 0.717) is 5.08 Å². The highest BCUT2D eigenvalue weighted by molar-refractivity contribution is 8.03. The lowest BCUT2D eigenvalue weighted by Crippen LogP contribution is -1.94. The van der Waals surface area contributed by atoms with Crippen LogP contribution in [-0.4, -0.2) is 15.9 Å². The molecule has 0 bridgehead atoms. The Morgan fingerprint density at radius 3 is 2.20 bits per heavy atom. The van der Waals surface area contributed by atoms with Gasteiger partial charge < -0.3 is 4.55 Å². The third-order valence-electron chi connectivity index (χ3n) is 0.166. The van der Waals surface area contributed by atoms with Crippen molar-refractivity contribution in [3.63, 3.8) is 0 Å². The molecule has 1 atom stereocenters. The minimum Gasteiger partial charge on any atom is -0.616 e. The molecule has 0 saturated carbocycles. The second-order valence-corrected chi connectivity index (χ2v) is 2.78. The van der Waals surface area contributed by atoms with E-state index >= 15 is 0 Å². The molecular weight excluding hydrogens is 104 g/mol. The normalized spacial score (nSPS) is 15.0. The summed E-state index contributed by atoms with van der Waals surface area (Å²) < 4.78 is 9.82. The lowest BCUT2D eigenvalue weighted by atomic mass is 11.9. The molecule has 5 heavy (non-hydrogen) atoms. The second kappa shape index (κ2) is 2.87. The minimum absolute atomic E-state index is 0.361. The van der Waals surface area contributed by atoms with E-state index in [1.807, 2.05) is 0 Å². The number of hydrogen-bond donors (Lipinski definition) is 0. The molecule has 0 aliphatic heterocycles. The van der Waals surface area contributed by atoms with Gasteiger partial charge in [-0.1, -0.05) is 0 Å². The molecule has 1 radical (unpaired) electrons. The topological polar surface area (TPSA) is 23.1 Å². The van der Waals surface area contributed by atoms with E-state index < -0.39 is 11.2 Å². The molecule has 0 amide bonds. The summed E-state index contributed by atoms with van der Waals surface area (Å²) in [5, 5.41) is 0.361. The van der Waals surface area contributed by atoms with Crippen LogP contribution in [0.2, 0.25) is 0 Å². The molecule has 0 spiro atoms. The van der Waals surface area contributed by atoms with Crippen molar-refractivity contribution >= 4 is 23.8 Å². The van der Waals surface area contributed by atoms with Crippen LogP contribution in [0.1, 0.15) is 0 Å². The number of hydrogen-bond acceptors (Lipinski definition) is 1. The van der Waals surface area contributed by atoms with Gasteiger partial charge in [0, 0.05) is 0 Å². The summed E-state index contributed by atoms with van der Waals surface area (Å²) in [6.07, 6.45) is 1.59. The van der Waals surface area contributed by atoms with Gasteiger partial charge in [0.15, 0.2) is 5.08 Å². The van der Waals surface area contributed by atoms with Crippen LogP contribution in [0.3, 0.4) is 0 Å². The Hall–Kier alpha value is 0.660. The monoisotopic (exact) mass is 109 g/mol. The molecule has 0 aromatic heterocycles.